The van der Waals surface area contributed by atoms with Crippen LogP contribution in [0.4, 0.5) is 0 Å². The summed E-state index contributed by atoms with van der Waals surface area (Å²) in [6.45, 7) is 3.89. The van der Waals surface area contributed by atoms with E-state index in [0.717, 1.165) is 11.1 Å². The number of carbonyl (C=O) groups excluding carboxylic acids is 1. The zero-order chi connectivity index (χ0) is 18.0. The fourth-order valence-corrected chi connectivity index (χ4v) is 3.57. The molecule has 0 saturated carbocycles. The van der Waals surface area contributed by atoms with Gasteiger partial charge in [-0.1, -0.05) is 65.3 Å². The highest BCUT2D eigenvalue weighted by atomic mass is 35.5. The average molecular weight is 372 g/mol. The minimum Gasteiger partial charge on any atom is -0.305 e. The molecule has 0 radical (unpaired) electrons. The summed E-state index contributed by atoms with van der Waals surface area (Å²) in [5.41, 5.74) is 2.66. The van der Waals surface area contributed by atoms with E-state index in [1.54, 1.807) is 0 Å². The fraction of sp³-hybridized carbons (Fsp3) is 0.211. The van der Waals surface area contributed by atoms with Crippen molar-refractivity contribution in [3.8, 4) is 11.4 Å². The smallest absolute Gasteiger partial charge is 0.191 e. The van der Waals surface area contributed by atoms with Crippen molar-refractivity contribution in [2.75, 3.05) is 0 Å². The maximum atomic E-state index is 12.6. The minimum absolute atomic E-state index is 0.0762. The Morgan fingerprint density at radius 3 is 2.48 bits per heavy atom. The number of carbonyl (C=O) groups is 1. The Labute approximate surface area is 156 Å². The molecule has 1 heterocycles. The number of ketones is 1. The summed E-state index contributed by atoms with van der Waals surface area (Å²) in [7, 11) is 1.88. The first kappa shape index (κ1) is 17.7. The molecule has 25 heavy (non-hydrogen) atoms. The van der Waals surface area contributed by atoms with Gasteiger partial charge in [0, 0.05) is 18.2 Å². The van der Waals surface area contributed by atoms with Gasteiger partial charge in [-0.2, -0.15) is 0 Å². The lowest BCUT2D eigenvalue weighted by atomic mass is 10.1. The van der Waals surface area contributed by atoms with Crippen molar-refractivity contribution >= 4 is 29.1 Å². The average Bonchev–Trinajstić information content (AvgIpc) is 2.96. The topological polar surface area (TPSA) is 47.8 Å². The van der Waals surface area contributed by atoms with Gasteiger partial charge in [0.05, 0.1) is 10.3 Å². The Morgan fingerprint density at radius 2 is 1.80 bits per heavy atom. The molecule has 2 aromatic carbocycles. The van der Waals surface area contributed by atoms with Crippen LogP contribution in [0, 0.1) is 6.92 Å². The van der Waals surface area contributed by atoms with Gasteiger partial charge < -0.3 is 4.57 Å². The van der Waals surface area contributed by atoms with Crippen LogP contribution in [0.1, 0.15) is 22.8 Å². The predicted octanol–water partition coefficient (Wildman–Crippen LogP) is 4.81. The zero-order valence-electron chi connectivity index (χ0n) is 14.2. The quantitative estimate of drug-likeness (QED) is 0.477. The molecule has 3 rings (SSSR count). The number of aryl methyl sites for hydroxylation is 1. The molecule has 6 heteroatoms. The molecular weight excluding hydrogens is 354 g/mol. The normalized spacial score (nSPS) is 12.2. The maximum Gasteiger partial charge on any atom is 0.191 e. The molecule has 4 nitrogen and oxygen atoms in total. The Kier molecular flexibility index (Phi) is 5.25. The van der Waals surface area contributed by atoms with Crippen molar-refractivity contribution in [3.05, 3.63) is 64.7 Å². The van der Waals surface area contributed by atoms with E-state index in [9.17, 15) is 4.79 Å². The lowest BCUT2D eigenvalue weighted by Crippen LogP contribution is -2.14. The molecular formula is C19H18ClN3OS. The molecule has 3 aromatic rings. The van der Waals surface area contributed by atoms with E-state index in [-0.39, 0.29) is 11.0 Å². The van der Waals surface area contributed by atoms with Crippen molar-refractivity contribution in [2.24, 2.45) is 7.05 Å². The molecule has 128 valence electrons. The van der Waals surface area contributed by atoms with Crippen molar-refractivity contribution in [3.63, 3.8) is 0 Å². The summed E-state index contributed by atoms with van der Waals surface area (Å²) in [5, 5.41) is 9.52. The van der Waals surface area contributed by atoms with Crippen LogP contribution in [0.5, 0.6) is 0 Å². The van der Waals surface area contributed by atoms with E-state index in [2.05, 4.69) is 10.2 Å². The molecule has 0 aliphatic heterocycles. The van der Waals surface area contributed by atoms with E-state index in [4.69, 9.17) is 11.6 Å². The molecule has 0 unspecified atom stereocenters. The van der Waals surface area contributed by atoms with Crippen LogP contribution in [0.15, 0.2) is 53.7 Å². The zero-order valence-corrected chi connectivity index (χ0v) is 15.8. The second-order valence-corrected chi connectivity index (χ2v) is 7.55. The van der Waals surface area contributed by atoms with Crippen molar-refractivity contribution in [2.45, 2.75) is 24.3 Å². The number of hydrogen-bond donors (Lipinski definition) is 0. The molecule has 0 N–H and O–H groups in total. The number of thioether (sulfide) groups is 1. The SMILES string of the molecule is Cc1ccc(C(=O)[C@H](C)Sc2nnc(-c3ccccc3Cl)n2C)cc1. The number of hydrogen-bond acceptors (Lipinski definition) is 4. The number of nitrogens with zero attached hydrogens (tertiary/aromatic N) is 3. The number of aromatic nitrogens is 3. The van der Waals surface area contributed by atoms with Gasteiger partial charge in [-0.05, 0) is 26.0 Å². The van der Waals surface area contributed by atoms with Gasteiger partial charge in [0.1, 0.15) is 0 Å². The monoisotopic (exact) mass is 371 g/mol. The molecule has 0 bridgehead atoms. The van der Waals surface area contributed by atoms with Crippen LogP contribution >= 0.6 is 23.4 Å². The number of benzene rings is 2. The van der Waals surface area contributed by atoms with Gasteiger partial charge in [-0.25, -0.2) is 0 Å². The van der Waals surface area contributed by atoms with E-state index >= 15 is 0 Å². The summed E-state index contributed by atoms with van der Waals surface area (Å²) >= 11 is 7.64. The molecule has 0 fully saturated rings. The maximum absolute atomic E-state index is 12.6. The summed E-state index contributed by atoms with van der Waals surface area (Å²) in [6, 6.07) is 15.1. The van der Waals surface area contributed by atoms with Crippen LogP contribution in [0.3, 0.4) is 0 Å². The third-order valence-corrected chi connectivity index (χ3v) is 5.40. The first-order valence-electron chi connectivity index (χ1n) is 7.89. The molecule has 1 atom stereocenters. The number of halogens is 1. The van der Waals surface area contributed by atoms with Gasteiger partial charge in [0.2, 0.25) is 0 Å². The minimum atomic E-state index is -0.260. The highest BCUT2D eigenvalue weighted by molar-refractivity contribution is 8.00. The Hall–Kier alpha value is -2.11. The Morgan fingerprint density at radius 1 is 1.12 bits per heavy atom. The number of rotatable bonds is 5. The highest BCUT2D eigenvalue weighted by Crippen LogP contribution is 2.30. The van der Waals surface area contributed by atoms with E-state index in [1.165, 1.54) is 11.8 Å². The molecule has 0 spiro atoms. The van der Waals surface area contributed by atoms with Crippen molar-refractivity contribution in [1.82, 2.24) is 14.8 Å². The second-order valence-electron chi connectivity index (χ2n) is 5.84. The van der Waals surface area contributed by atoms with Gasteiger partial charge >= 0.3 is 0 Å². The molecule has 0 aliphatic rings. The first-order chi connectivity index (χ1) is 12.0. The van der Waals surface area contributed by atoms with Crippen molar-refractivity contribution < 1.29 is 4.79 Å². The van der Waals surface area contributed by atoms with Gasteiger partial charge in [0.25, 0.3) is 0 Å². The highest BCUT2D eigenvalue weighted by Gasteiger charge is 2.21. The standard InChI is InChI=1S/C19H18ClN3OS/c1-12-8-10-14(11-9-12)17(24)13(2)25-19-22-21-18(23(19)3)15-6-4-5-7-16(15)20/h4-11,13H,1-3H3/t13-/m0/s1. The third-order valence-electron chi connectivity index (χ3n) is 3.94. The van der Waals surface area contributed by atoms with E-state index < -0.39 is 0 Å². The summed E-state index contributed by atoms with van der Waals surface area (Å²) in [4.78, 5) is 12.6. The molecule has 0 saturated heterocycles. The van der Waals surface area contributed by atoms with E-state index in [1.807, 2.05) is 74.0 Å². The second kappa shape index (κ2) is 7.42. The largest absolute Gasteiger partial charge is 0.305 e. The third kappa shape index (κ3) is 3.78. The van der Waals surface area contributed by atoms with Gasteiger partial charge in [-0.3, -0.25) is 4.79 Å². The molecule has 0 amide bonds. The predicted molar refractivity (Wildman–Crippen MR) is 102 cm³/mol. The Balaban J connectivity index is 1.81. The molecule has 1 aromatic heterocycles. The lowest BCUT2D eigenvalue weighted by Gasteiger charge is -2.10. The van der Waals surface area contributed by atoms with Crippen molar-refractivity contribution in [1.29, 1.82) is 0 Å². The van der Waals surface area contributed by atoms with Crippen LogP contribution in [0.25, 0.3) is 11.4 Å². The Bertz CT molecular complexity index is 905. The summed E-state index contributed by atoms with van der Waals surface area (Å²) in [5.74, 6) is 0.760. The van der Waals surface area contributed by atoms with Crippen LogP contribution in [-0.4, -0.2) is 25.8 Å². The van der Waals surface area contributed by atoms with Gasteiger partial charge in [0.15, 0.2) is 16.8 Å². The summed E-state index contributed by atoms with van der Waals surface area (Å²) < 4.78 is 1.87. The van der Waals surface area contributed by atoms with Crippen LogP contribution in [-0.2, 0) is 7.05 Å². The van der Waals surface area contributed by atoms with Gasteiger partial charge in [-0.15, -0.1) is 10.2 Å². The van der Waals surface area contributed by atoms with Crippen LogP contribution in [0.2, 0.25) is 5.02 Å². The molecule has 0 aliphatic carbocycles. The van der Waals surface area contributed by atoms with Crippen LogP contribution < -0.4 is 0 Å². The first-order valence-corrected chi connectivity index (χ1v) is 9.15. The lowest BCUT2D eigenvalue weighted by molar-refractivity contribution is 0.0994. The van der Waals surface area contributed by atoms with E-state index in [0.29, 0.717) is 21.6 Å². The summed E-state index contributed by atoms with van der Waals surface area (Å²) in [6.07, 6.45) is 0. The number of Topliss-reactive ketones (excluding diaryl/α,β-unsaturated/α-hetero) is 1. The fourth-order valence-electron chi connectivity index (χ4n) is 2.46.